The van der Waals surface area contributed by atoms with E-state index in [-0.39, 0.29) is 12.1 Å². The summed E-state index contributed by atoms with van der Waals surface area (Å²) in [4.78, 5) is 7.03. The molecule has 3 nitrogen and oxygen atoms in total. The van der Waals surface area contributed by atoms with Gasteiger partial charge in [0.2, 0.25) is 0 Å². The predicted octanol–water partition coefficient (Wildman–Crippen LogP) is 2.34. The molecule has 2 heterocycles. The van der Waals surface area contributed by atoms with Gasteiger partial charge in [0.25, 0.3) is 0 Å². The molecule has 0 aromatic carbocycles. The Labute approximate surface area is 104 Å². The van der Waals surface area contributed by atoms with Crippen molar-refractivity contribution in [1.82, 2.24) is 9.88 Å². The summed E-state index contributed by atoms with van der Waals surface area (Å²) in [7, 11) is 0. The maximum atomic E-state index is 6.31. The first-order valence-electron chi connectivity index (χ1n) is 6.66. The third-order valence-electron chi connectivity index (χ3n) is 3.83. The Kier molecular flexibility index (Phi) is 4.13. The zero-order chi connectivity index (χ0) is 12.3. The molecule has 1 aliphatic rings. The van der Waals surface area contributed by atoms with E-state index in [1.807, 2.05) is 12.3 Å². The topological polar surface area (TPSA) is 42.1 Å². The molecule has 3 heteroatoms. The van der Waals surface area contributed by atoms with Gasteiger partial charge in [0, 0.05) is 18.3 Å². The molecule has 0 saturated carbocycles. The molecule has 1 aliphatic heterocycles. The maximum Gasteiger partial charge on any atom is 0.0675 e. The molecule has 0 radical (unpaired) electrons. The van der Waals surface area contributed by atoms with Crippen molar-refractivity contribution in [3.05, 3.63) is 30.1 Å². The highest BCUT2D eigenvalue weighted by atomic mass is 15.2. The van der Waals surface area contributed by atoms with Gasteiger partial charge in [0.1, 0.15) is 0 Å². The highest BCUT2D eigenvalue weighted by Gasteiger charge is 2.32. The highest BCUT2D eigenvalue weighted by molar-refractivity contribution is 5.12. The van der Waals surface area contributed by atoms with Crippen LogP contribution in [0.5, 0.6) is 0 Å². The van der Waals surface area contributed by atoms with Gasteiger partial charge >= 0.3 is 0 Å². The lowest BCUT2D eigenvalue weighted by molar-refractivity contribution is 0.159. The zero-order valence-electron chi connectivity index (χ0n) is 10.8. The van der Waals surface area contributed by atoms with Crippen LogP contribution in [0.25, 0.3) is 0 Å². The third-order valence-corrected chi connectivity index (χ3v) is 3.83. The summed E-state index contributed by atoms with van der Waals surface area (Å²) in [5.41, 5.74) is 7.43. The molecule has 1 fully saturated rings. The van der Waals surface area contributed by atoms with Crippen LogP contribution in [0.15, 0.2) is 24.4 Å². The molecular formula is C14H23N3. The summed E-state index contributed by atoms with van der Waals surface area (Å²) in [5, 5.41) is 0. The van der Waals surface area contributed by atoms with Crippen molar-refractivity contribution in [2.45, 2.75) is 51.2 Å². The lowest BCUT2D eigenvalue weighted by Gasteiger charge is -2.34. The minimum Gasteiger partial charge on any atom is -0.326 e. The van der Waals surface area contributed by atoms with Crippen LogP contribution in [0.3, 0.4) is 0 Å². The van der Waals surface area contributed by atoms with Crippen molar-refractivity contribution in [3.63, 3.8) is 0 Å². The fourth-order valence-corrected chi connectivity index (χ4v) is 2.78. The lowest BCUT2D eigenvalue weighted by atomic mass is 10.00. The highest BCUT2D eigenvalue weighted by Crippen LogP contribution is 2.30. The average molecular weight is 233 g/mol. The van der Waals surface area contributed by atoms with Gasteiger partial charge in [0.05, 0.1) is 11.7 Å². The molecule has 2 rings (SSSR count). The van der Waals surface area contributed by atoms with Gasteiger partial charge in [-0.05, 0) is 44.9 Å². The van der Waals surface area contributed by atoms with Crippen LogP contribution < -0.4 is 5.73 Å². The van der Waals surface area contributed by atoms with E-state index >= 15 is 0 Å². The van der Waals surface area contributed by atoms with E-state index in [0.717, 1.165) is 18.7 Å². The lowest BCUT2D eigenvalue weighted by Crippen LogP contribution is -2.42. The Morgan fingerprint density at radius 3 is 2.88 bits per heavy atom. The molecule has 17 heavy (non-hydrogen) atoms. The smallest absolute Gasteiger partial charge is 0.0675 e. The zero-order valence-corrected chi connectivity index (χ0v) is 10.8. The summed E-state index contributed by atoms with van der Waals surface area (Å²) >= 11 is 0. The van der Waals surface area contributed by atoms with Crippen molar-refractivity contribution < 1.29 is 0 Å². The second-order valence-electron chi connectivity index (χ2n) is 5.00. The molecule has 3 unspecified atom stereocenters. The van der Waals surface area contributed by atoms with Crippen LogP contribution in [0.2, 0.25) is 0 Å². The second kappa shape index (κ2) is 5.61. The molecule has 0 amide bonds. The molecule has 94 valence electrons. The van der Waals surface area contributed by atoms with E-state index in [0.29, 0.717) is 6.04 Å². The molecule has 1 aromatic rings. The number of nitrogens with two attached hydrogens (primary N) is 1. The number of pyridine rings is 1. The third kappa shape index (κ3) is 2.67. The molecule has 1 saturated heterocycles. The van der Waals surface area contributed by atoms with Crippen LogP contribution in [0.1, 0.15) is 44.8 Å². The molecule has 2 N–H and O–H groups in total. The van der Waals surface area contributed by atoms with Gasteiger partial charge < -0.3 is 5.73 Å². The van der Waals surface area contributed by atoms with E-state index in [4.69, 9.17) is 5.73 Å². The number of rotatable bonds is 4. The SMILES string of the molecule is CCC(N)C(c1ccccn1)N1CCCC1C. The summed E-state index contributed by atoms with van der Waals surface area (Å²) in [6, 6.07) is 7.19. The Morgan fingerprint density at radius 2 is 2.35 bits per heavy atom. The Morgan fingerprint density at radius 1 is 1.53 bits per heavy atom. The quantitative estimate of drug-likeness (QED) is 0.868. The van der Waals surface area contributed by atoms with Crippen LogP contribution in [-0.4, -0.2) is 28.5 Å². The summed E-state index contributed by atoms with van der Waals surface area (Å²) in [6.45, 7) is 5.60. The normalized spacial score (nSPS) is 24.8. The maximum absolute atomic E-state index is 6.31. The van der Waals surface area contributed by atoms with Crippen molar-refractivity contribution >= 4 is 0 Å². The van der Waals surface area contributed by atoms with Gasteiger partial charge in [-0.25, -0.2) is 0 Å². The van der Waals surface area contributed by atoms with E-state index in [1.54, 1.807) is 0 Å². The first-order valence-corrected chi connectivity index (χ1v) is 6.66. The van der Waals surface area contributed by atoms with E-state index < -0.39 is 0 Å². The minimum absolute atomic E-state index is 0.172. The number of hydrogen-bond donors (Lipinski definition) is 1. The minimum atomic E-state index is 0.172. The number of nitrogens with zero attached hydrogens (tertiary/aromatic N) is 2. The van der Waals surface area contributed by atoms with Gasteiger partial charge in [-0.2, -0.15) is 0 Å². The molecule has 0 bridgehead atoms. The summed E-state index contributed by atoms with van der Waals surface area (Å²) in [6.07, 6.45) is 5.41. The fraction of sp³-hybridized carbons (Fsp3) is 0.643. The molecule has 3 atom stereocenters. The van der Waals surface area contributed by atoms with Crippen molar-refractivity contribution in [3.8, 4) is 0 Å². The number of aromatic nitrogens is 1. The van der Waals surface area contributed by atoms with Crippen LogP contribution >= 0.6 is 0 Å². The molecule has 0 spiro atoms. The summed E-state index contributed by atoms with van der Waals surface area (Å²) in [5.74, 6) is 0. The van der Waals surface area contributed by atoms with E-state index in [1.165, 1.54) is 12.8 Å². The first-order chi connectivity index (χ1) is 8.24. The number of likely N-dealkylation sites (tertiary alicyclic amines) is 1. The summed E-state index contributed by atoms with van der Waals surface area (Å²) < 4.78 is 0. The Hall–Kier alpha value is -0.930. The van der Waals surface area contributed by atoms with Crippen molar-refractivity contribution in [2.24, 2.45) is 5.73 Å². The largest absolute Gasteiger partial charge is 0.326 e. The van der Waals surface area contributed by atoms with Gasteiger partial charge in [-0.15, -0.1) is 0 Å². The second-order valence-corrected chi connectivity index (χ2v) is 5.00. The molecular weight excluding hydrogens is 210 g/mol. The molecule has 1 aromatic heterocycles. The van der Waals surface area contributed by atoms with E-state index in [9.17, 15) is 0 Å². The van der Waals surface area contributed by atoms with Crippen LogP contribution in [0.4, 0.5) is 0 Å². The van der Waals surface area contributed by atoms with Gasteiger partial charge in [-0.3, -0.25) is 9.88 Å². The number of hydrogen-bond acceptors (Lipinski definition) is 3. The van der Waals surface area contributed by atoms with Crippen molar-refractivity contribution in [2.75, 3.05) is 6.54 Å². The monoisotopic (exact) mass is 233 g/mol. The Balaban J connectivity index is 2.25. The van der Waals surface area contributed by atoms with Crippen LogP contribution in [0, 0.1) is 0 Å². The standard InChI is InChI=1S/C14H23N3/c1-3-12(15)14(13-8-4-5-9-16-13)17-10-6-7-11(17)2/h4-5,8-9,11-12,14H,3,6-7,10,15H2,1-2H3. The first kappa shape index (κ1) is 12.5. The predicted molar refractivity (Wildman–Crippen MR) is 70.6 cm³/mol. The molecule has 0 aliphatic carbocycles. The van der Waals surface area contributed by atoms with E-state index in [2.05, 4.69) is 35.9 Å². The van der Waals surface area contributed by atoms with Crippen molar-refractivity contribution in [1.29, 1.82) is 0 Å². The van der Waals surface area contributed by atoms with Gasteiger partial charge in [-0.1, -0.05) is 13.0 Å². The average Bonchev–Trinajstić information content (AvgIpc) is 2.77. The fourth-order valence-electron chi connectivity index (χ4n) is 2.78. The van der Waals surface area contributed by atoms with Gasteiger partial charge in [0.15, 0.2) is 0 Å². The van der Waals surface area contributed by atoms with Crippen LogP contribution in [-0.2, 0) is 0 Å². The Bertz CT molecular complexity index is 339.